The zero-order valence-corrected chi connectivity index (χ0v) is 32.5. The van der Waals surface area contributed by atoms with E-state index in [1.807, 2.05) is 78.9 Å². The van der Waals surface area contributed by atoms with Gasteiger partial charge in [0.2, 0.25) is 0 Å². The lowest BCUT2D eigenvalue weighted by Crippen LogP contribution is -2.59. The van der Waals surface area contributed by atoms with Gasteiger partial charge in [-0.3, -0.25) is 9.00 Å². The number of alkyl halides is 3. The molecule has 1 saturated heterocycles. The van der Waals surface area contributed by atoms with Crippen LogP contribution in [0.25, 0.3) is 0 Å². The Morgan fingerprint density at radius 3 is 2.06 bits per heavy atom. The molecule has 1 N–H and O–H groups in total. The molecule has 0 aliphatic carbocycles. The first-order valence-corrected chi connectivity index (χ1v) is 19.8. The SMILES string of the molecule is CN(CC(CCN1CCC2(CC1)c1ccccc1CS2=O)(c1ccc(Cl)c(Cl)c1)N(C)C(=O)NC(c1ccccc1)c1ccccc1)C(=O)C(F)(F)Cl. The fourth-order valence-electron chi connectivity index (χ4n) is 7.78. The van der Waals surface area contributed by atoms with Crippen molar-refractivity contribution in [2.45, 2.75) is 46.7 Å². The lowest BCUT2D eigenvalue weighted by atomic mass is 9.83. The lowest BCUT2D eigenvalue weighted by molar-refractivity contribution is -0.147. The zero-order chi connectivity index (χ0) is 38.0. The molecule has 2 heterocycles. The van der Waals surface area contributed by atoms with Gasteiger partial charge in [0, 0.05) is 43.7 Å². The summed E-state index contributed by atoms with van der Waals surface area (Å²) in [5, 5.41) is -0.524. The first-order chi connectivity index (χ1) is 25.2. The highest BCUT2D eigenvalue weighted by Gasteiger charge is 2.49. The van der Waals surface area contributed by atoms with Crippen LogP contribution in [-0.4, -0.2) is 76.5 Å². The van der Waals surface area contributed by atoms with Crippen molar-refractivity contribution in [3.63, 3.8) is 0 Å². The van der Waals surface area contributed by atoms with Gasteiger partial charge >= 0.3 is 17.3 Å². The Bertz CT molecular complexity index is 1920. The van der Waals surface area contributed by atoms with E-state index in [1.54, 1.807) is 25.2 Å². The second kappa shape index (κ2) is 16.1. The minimum atomic E-state index is -4.17. The molecule has 0 radical (unpaired) electrons. The van der Waals surface area contributed by atoms with Gasteiger partial charge in [0.15, 0.2) is 0 Å². The Hall–Kier alpha value is -3.54. The van der Waals surface area contributed by atoms with Crippen molar-refractivity contribution in [3.8, 4) is 0 Å². The number of likely N-dealkylation sites (tertiary alicyclic amines) is 1. The van der Waals surface area contributed by atoms with E-state index < -0.39 is 44.4 Å². The molecule has 1 fully saturated rings. The topological polar surface area (TPSA) is 73.0 Å². The van der Waals surface area contributed by atoms with Crippen molar-refractivity contribution < 1.29 is 22.6 Å². The molecule has 2 aliphatic rings. The van der Waals surface area contributed by atoms with Crippen molar-refractivity contribution in [1.29, 1.82) is 0 Å². The third-order valence-electron chi connectivity index (χ3n) is 10.8. The molecule has 4 aromatic carbocycles. The van der Waals surface area contributed by atoms with Gasteiger partial charge in [-0.1, -0.05) is 114 Å². The lowest BCUT2D eigenvalue weighted by Gasteiger charge is -2.47. The summed E-state index contributed by atoms with van der Waals surface area (Å²) in [5.41, 5.74) is 3.04. The molecular weight excluding hydrogens is 761 g/mol. The minimum absolute atomic E-state index is 0.202. The van der Waals surface area contributed by atoms with E-state index in [2.05, 4.69) is 16.3 Å². The van der Waals surface area contributed by atoms with Crippen LogP contribution in [0, 0.1) is 0 Å². The maximum absolute atomic E-state index is 14.6. The summed E-state index contributed by atoms with van der Waals surface area (Å²) in [5.74, 6) is -1.07. The quantitative estimate of drug-likeness (QED) is 0.155. The van der Waals surface area contributed by atoms with Gasteiger partial charge in [-0.25, -0.2) is 4.79 Å². The molecule has 0 saturated carbocycles. The molecule has 13 heteroatoms. The molecular formula is C40H41Cl3F2N4O3S. The molecule has 2 aliphatic heterocycles. The number of carbonyl (C=O) groups excluding carboxylic acids is 2. The molecule has 2 unspecified atom stereocenters. The summed E-state index contributed by atoms with van der Waals surface area (Å²) >= 11 is 18.2. The summed E-state index contributed by atoms with van der Waals surface area (Å²) in [7, 11) is 1.78. The number of rotatable bonds is 11. The summed E-state index contributed by atoms with van der Waals surface area (Å²) in [6, 6.07) is 30.9. The van der Waals surface area contributed by atoms with Crippen LogP contribution in [0.4, 0.5) is 13.6 Å². The third kappa shape index (κ3) is 8.13. The van der Waals surface area contributed by atoms with Crippen molar-refractivity contribution in [1.82, 2.24) is 20.0 Å². The average molecular weight is 802 g/mol. The van der Waals surface area contributed by atoms with Crippen LogP contribution in [0.1, 0.15) is 53.1 Å². The van der Waals surface area contributed by atoms with Crippen LogP contribution in [0.15, 0.2) is 103 Å². The van der Waals surface area contributed by atoms with E-state index in [0.717, 1.165) is 27.2 Å². The van der Waals surface area contributed by atoms with Gasteiger partial charge in [-0.05, 0) is 83.9 Å². The second-order valence-corrected chi connectivity index (χ2v) is 16.9. The number of benzene rings is 4. The molecule has 6 rings (SSSR count). The number of nitrogens with one attached hydrogen (secondary N) is 1. The largest absolute Gasteiger partial charge is 0.399 e. The van der Waals surface area contributed by atoms with Crippen LogP contribution in [0.2, 0.25) is 10.0 Å². The number of carbonyl (C=O) groups is 2. The first kappa shape index (κ1) is 39.2. The highest BCUT2D eigenvalue weighted by atomic mass is 35.5. The highest BCUT2D eigenvalue weighted by molar-refractivity contribution is 7.85. The van der Waals surface area contributed by atoms with Gasteiger partial charge in [0.1, 0.15) is 0 Å². The van der Waals surface area contributed by atoms with E-state index in [4.69, 9.17) is 34.8 Å². The normalized spacial score (nSPS) is 18.0. The smallest absolute Gasteiger partial charge is 0.337 e. The molecule has 2 atom stereocenters. The van der Waals surface area contributed by atoms with Crippen LogP contribution in [0.3, 0.4) is 0 Å². The van der Waals surface area contributed by atoms with Gasteiger partial charge < -0.3 is 20.0 Å². The maximum Gasteiger partial charge on any atom is 0.399 e. The standard InChI is InChI=1S/C40H41Cl3F2N4O3S/c1-47(36(50)40(43,44)45)27-38(31-17-18-33(41)34(42)25-31,19-22-49-23-20-39(21-24-49)32-16-10-9-15-30(32)26-53(39)52)48(2)37(51)46-35(28-11-5-3-6-12-28)29-13-7-4-8-14-29/h3-18,25,35H,19-24,26-27H2,1-2H3,(H,46,51). The average Bonchev–Trinajstić information content (AvgIpc) is 3.43. The van der Waals surface area contributed by atoms with Crippen LogP contribution >= 0.6 is 34.8 Å². The molecule has 7 nitrogen and oxygen atoms in total. The Kier molecular flexibility index (Phi) is 11.9. The van der Waals surface area contributed by atoms with Gasteiger partial charge in [-0.15, -0.1) is 0 Å². The predicted molar refractivity (Wildman–Crippen MR) is 208 cm³/mol. The van der Waals surface area contributed by atoms with Gasteiger partial charge in [0.25, 0.3) is 0 Å². The molecule has 0 bridgehead atoms. The number of fused-ring (bicyclic) bond motifs is 2. The first-order valence-electron chi connectivity index (χ1n) is 17.4. The number of hydrogen-bond acceptors (Lipinski definition) is 4. The van der Waals surface area contributed by atoms with Crippen LogP contribution < -0.4 is 5.32 Å². The summed E-state index contributed by atoms with van der Waals surface area (Å²) in [6.45, 7) is 1.34. The maximum atomic E-state index is 14.6. The molecule has 0 aromatic heterocycles. The van der Waals surface area contributed by atoms with Crippen molar-refractivity contribution in [3.05, 3.63) is 141 Å². The van der Waals surface area contributed by atoms with E-state index in [-0.39, 0.29) is 23.0 Å². The summed E-state index contributed by atoms with van der Waals surface area (Å²) in [4.78, 5) is 32.1. The van der Waals surface area contributed by atoms with E-state index in [1.165, 1.54) is 11.9 Å². The van der Waals surface area contributed by atoms with Crippen LogP contribution in [-0.2, 0) is 31.6 Å². The molecule has 4 aromatic rings. The number of amides is 3. The van der Waals surface area contributed by atoms with Crippen molar-refractivity contribution in [2.75, 3.05) is 40.3 Å². The van der Waals surface area contributed by atoms with Crippen LogP contribution in [0.5, 0.6) is 0 Å². The van der Waals surface area contributed by atoms with Crippen molar-refractivity contribution >= 4 is 57.5 Å². The Morgan fingerprint density at radius 2 is 1.47 bits per heavy atom. The number of hydrogen-bond donors (Lipinski definition) is 1. The van der Waals surface area contributed by atoms with E-state index in [9.17, 15) is 22.6 Å². The second-order valence-electron chi connectivity index (χ2n) is 13.8. The molecule has 1 spiro atoms. The molecule has 3 amide bonds. The Morgan fingerprint density at radius 1 is 0.887 bits per heavy atom. The number of nitrogens with zero attached hydrogens (tertiary/aromatic N) is 3. The minimum Gasteiger partial charge on any atom is -0.337 e. The number of urea groups is 1. The van der Waals surface area contributed by atoms with Gasteiger partial charge in [0.05, 0.1) is 26.4 Å². The fourth-order valence-corrected chi connectivity index (χ4v) is 10.1. The zero-order valence-electron chi connectivity index (χ0n) is 29.4. The highest BCUT2D eigenvalue weighted by Crippen LogP contribution is 2.47. The summed E-state index contributed by atoms with van der Waals surface area (Å²) in [6.07, 6.45) is 1.58. The number of piperidine rings is 1. The monoisotopic (exact) mass is 800 g/mol. The molecule has 280 valence electrons. The number of likely N-dealkylation sites (N-methyl/N-ethyl adjacent to an activating group) is 2. The third-order valence-corrected chi connectivity index (χ3v) is 13.7. The molecule has 53 heavy (non-hydrogen) atoms. The van der Waals surface area contributed by atoms with E-state index >= 15 is 0 Å². The Labute approximate surface area is 326 Å². The number of halogens is 5. The van der Waals surface area contributed by atoms with E-state index in [0.29, 0.717) is 43.8 Å². The summed E-state index contributed by atoms with van der Waals surface area (Å²) < 4.78 is 41.8. The van der Waals surface area contributed by atoms with Crippen molar-refractivity contribution in [2.24, 2.45) is 0 Å². The Balaban J connectivity index is 1.35. The van der Waals surface area contributed by atoms with Gasteiger partial charge in [-0.2, -0.15) is 8.78 Å². The predicted octanol–water partition coefficient (Wildman–Crippen LogP) is 8.55. The fraction of sp³-hybridized carbons (Fsp3) is 0.350.